The van der Waals surface area contributed by atoms with Crippen molar-refractivity contribution in [3.8, 4) is 5.69 Å². The molecule has 0 atom stereocenters. The standard InChI is InChI=1S/C15H17ClN2O/c1-10(2)12-4-6-13(7-5-12)18-11(3)8-15(19)14(9-16)17-18/h4-8,10H,9H2,1-3H3. The van der Waals surface area contributed by atoms with Crippen LogP contribution in [0.1, 0.15) is 36.7 Å². The lowest BCUT2D eigenvalue weighted by Gasteiger charge is -2.12. The van der Waals surface area contributed by atoms with Gasteiger partial charge in [0.15, 0.2) is 0 Å². The molecule has 0 aliphatic carbocycles. The molecule has 19 heavy (non-hydrogen) atoms. The number of hydrogen-bond acceptors (Lipinski definition) is 2. The molecule has 0 spiro atoms. The van der Waals surface area contributed by atoms with Gasteiger partial charge in [0.25, 0.3) is 0 Å². The van der Waals surface area contributed by atoms with E-state index in [4.69, 9.17) is 11.6 Å². The predicted octanol–water partition coefficient (Wildman–Crippen LogP) is 3.40. The van der Waals surface area contributed by atoms with Crippen LogP contribution in [0.3, 0.4) is 0 Å². The van der Waals surface area contributed by atoms with Gasteiger partial charge in [-0.1, -0.05) is 26.0 Å². The summed E-state index contributed by atoms with van der Waals surface area (Å²) < 4.78 is 1.75. The number of aromatic nitrogens is 2. The fraction of sp³-hybridized carbons (Fsp3) is 0.333. The van der Waals surface area contributed by atoms with Gasteiger partial charge < -0.3 is 0 Å². The van der Waals surface area contributed by atoms with E-state index in [1.807, 2.05) is 19.1 Å². The highest BCUT2D eigenvalue weighted by Gasteiger charge is 2.07. The van der Waals surface area contributed by atoms with E-state index in [0.29, 0.717) is 11.6 Å². The summed E-state index contributed by atoms with van der Waals surface area (Å²) in [5.74, 6) is 0.624. The third-order valence-corrected chi connectivity index (χ3v) is 3.36. The smallest absolute Gasteiger partial charge is 0.204 e. The van der Waals surface area contributed by atoms with Crippen LogP contribution in [0.5, 0.6) is 0 Å². The first-order chi connectivity index (χ1) is 9.02. The maximum Gasteiger partial charge on any atom is 0.204 e. The summed E-state index contributed by atoms with van der Waals surface area (Å²) in [5, 5.41) is 4.31. The molecule has 0 saturated heterocycles. The average Bonchev–Trinajstić information content (AvgIpc) is 2.39. The Hall–Kier alpha value is -1.61. The van der Waals surface area contributed by atoms with E-state index in [1.54, 1.807) is 10.7 Å². The van der Waals surface area contributed by atoms with Crippen molar-refractivity contribution in [1.29, 1.82) is 0 Å². The van der Waals surface area contributed by atoms with E-state index in [2.05, 4.69) is 31.1 Å². The summed E-state index contributed by atoms with van der Waals surface area (Å²) in [6.45, 7) is 6.18. The van der Waals surface area contributed by atoms with Gasteiger partial charge in [-0.15, -0.1) is 11.6 Å². The largest absolute Gasteiger partial charge is 0.288 e. The molecule has 2 aromatic rings. The summed E-state index contributed by atoms with van der Waals surface area (Å²) in [7, 11) is 0. The van der Waals surface area contributed by atoms with Crippen molar-refractivity contribution in [2.45, 2.75) is 32.6 Å². The first-order valence-corrected chi connectivity index (χ1v) is 6.82. The van der Waals surface area contributed by atoms with Gasteiger partial charge in [0, 0.05) is 11.8 Å². The summed E-state index contributed by atoms with van der Waals surface area (Å²) in [5.41, 5.74) is 3.28. The molecule has 0 aliphatic rings. The van der Waals surface area contributed by atoms with E-state index in [-0.39, 0.29) is 11.3 Å². The molecule has 0 amide bonds. The van der Waals surface area contributed by atoms with Gasteiger partial charge in [0.1, 0.15) is 5.69 Å². The number of alkyl halides is 1. The molecule has 0 radical (unpaired) electrons. The maximum atomic E-state index is 11.6. The zero-order valence-electron chi connectivity index (χ0n) is 11.4. The fourth-order valence-corrected chi connectivity index (χ4v) is 2.12. The van der Waals surface area contributed by atoms with Gasteiger partial charge in [-0.05, 0) is 30.5 Å². The Bertz CT molecular complexity index is 630. The quantitative estimate of drug-likeness (QED) is 0.806. The summed E-state index contributed by atoms with van der Waals surface area (Å²) >= 11 is 5.73. The third-order valence-electron chi connectivity index (χ3n) is 3.11. The molecule has 0 fully saturated rings. The molecule has 4 heteroatoms. The minimum atomic E-state index is -0.109. The summed E-state index contributed by atoms with van der Waals surface area (Å²) in [6, 6.07) is 9.76. The van der Waals surface area contributed by atoms with Crippen molar-refractivity contribution in [1.82, 2.24) is 9.78 Å². The Morgan fingerprint density at radius 3 is 2.42 bits per heavy atom. The molecule has 2 rings (SSSR count). The minimum Gasteiger partial charge on any atom is -0.288 e. The van der Waals surface area contributed by atoms with Crippen LogP contribution < -0.4 is 5.43 Å². The molecular weight excluding hydrogens is 260 g/mol. The van der Waals surface area contributed by atoms with Crippen molar-refractivity contribution in [2.24, 2.45) is 0 Å². The van der Waals surface area contributed by atoms with Gasteiger partial charge in [0.05, 0.1) is 11.6 Å². The fourth-order valence-electron chi connectivity index (χ4n) is 1.94. The second-order valence-corrected chi connectivity index (χ2v) is 5.16. The number of rotatable bonds is 3. The van der Waals surface area contributed by atoms with Crippen LogP contribution in [0, 0.1) is 6.92 Å². The van der Waals surface area contributed by atoms with Gasteiger partial charge in [0.2, 0.25) is 5.43 Å². The lowest BCUT2D eigenvalue weighted by Crippen LogP contribution is -2.17. The normalized spacial score (nSPS) is 11.0. The highest BCUT2D eigenvalue weighted by molar-refractivity contribution is 6.16. The molecular formula is C15H17ClN2O. The molecule has 1 aromatic heterocycles. The SMILES string of the molecule is Cc1cc(=O)c(CCl)nn1-c1ccc(C(C)C)cc1. The highest BCUT2D eigenvalue weighted by atomic mass is 35.5. The number of benzene rings is 1. The molecule has 0 saturated carbocycles. The van der Waals surface area contributed by atoms with Gasteiger partial charge >= 0.3 is 0 Å². The summed E-state index contributed by atoms with van der Waals surface area (Å²) in [6.07, 6.45) is 0. The first-order valence-electron chi connectivity index (χ1n) is 6.29. The summed E-state index contributed by atoms with van der Waals surface area (Å²) in [4.78, 5) is 11.6. The van der Waals surface area contributed by atoms with Crippen LogP contribution in [0.25, 0.3) is 5.69 Å². The minimum absolute atomic E-state index is 0.109. The Kier molecular flexibility index (Phi) is 4.05. The van der Waals surface area contributed by atoms with E-state index in [9.17, 15) is 4.79 Å². The molecule has 0 aliphatic heterocycles. The third kappa shape index (κ3) is 2.87. The lowest BCUT2D eigenvalue weighted by atomic mass is 10.0. The van der Waals surface area contributed by atoms with Gasteiger partial charge in [-0.3, -0.25) is 4.79 Å². The predicted molar refractivity (Wildman–Crippen MR) is 78.2 cm³/mol. The zero-order valence-corrected chi connectivity index (χ0v) is 12.1. The molecule has 100 valence electrons. The van der Waals surface area contributed by atoms with Crippen LogP contribution in [0.2, 0.25) is 0 Å². The second kappa shape index (κ2) is 5.57. The van der Waals surface area contributed by atoms with E-state index in [0.717, 1.165) is 11.4 Å². The van der Waals surface area contributed by atoms with Crippen molar-refractivity contribution >= 4 is 11.6 Å². The topological polar surface area (TPSA) is 34.9 Å². The average molecular weight is 277 g/mol. The molecule has 1 aromatic carbocycles. The Labute approximate surface area is 117 Å². The Morgan fingerprint density at radius 2 is 1.89 bits per heavy atom. The first kappa shape index (κ1) is 13.8. The number of hydrogen-bond donors (Lipinski definition) is 0. The molecule has 0 bridgehead atoms. The number of nitrogens with zero attached hydrogens (tertiary/aromatic N) is 2. The van der Waals surface area contributed by atoms with Gasteiger partial charge in [-0.2, -0.15) is 5.10 Å². The molecule has 1 heterocycles. The Morgan fingerprint density at radius 1 is 1.26 bits per heavy atom. The van der Waals surface area contributed by atoms with E-state index < -0.39 is 0 Å². The maximum absolute atomic E-state index is 11.6. The van der Waals surface area contributed by atoms with Gasteiger partial charge in [-0.25, -0.2) is 4.68 Å². The van der Waals surface area contributed by atoms with E-state index >= 15 is 0 Å². The highest BCUT2D eigenvalue weighted by Crippen LogP contribution is 2.17. The van der Waals surface area contributed by atoms with E-state index in [1.165, 1.54) is 5.56 Å². The molecule has 0 N–H and O–H groups in total. The lowest BCUT2D eigenvalue weighted by molar-refractivity contribution is 0.770. The van der Waals surface area contributed by atoms with Crippen molar-refractivity contribution < 1.29 is 0 Å². The number of aryl methyl sites for hydroxylation is 1. The van der Waals surface area contributed by atoms with Crippen molar-refractivity contribution in [3.63, 3.8) is 0 Å². The monoisotopic (exact) mass is 276 g/mol. The van der Waals surface area contributed by atoms with Crippen molar-refractivity contribution in [2.75, 3.05) is 0 Å². The molecule has 0 unspecified atom stereocenters. The van der Waals surface area contributed by atoms with Crippen LogP contribution in [-0.2, 0) is 5.88 Å². The van der Waals surface area contributed by atoms with Crippen LogP contribution in [-0.4, -0.2) is 9.78 Å². The Balaban J connectivity index is 2.49. The van der Waals surface area contributed by atoms with Crippen molar-refractivity contribution in [3.05, 3.63) is 57.5 Å². The number of halogens is 1. The van der Waals surface area contributed by atoms with Crippen LogP contribution >= 0.6 is 11.6 Å². The second-order valence-electron chi connectivity index (χ2n) is 4.89. The molecule has 3 nitrogen and oxygen atoms in total. The van der Waals surface area contributed by atoms with Crippen LogP contribution in [0.4, 0.5) is 0 Å². The zero-order chi connectivity index (χ0) is 14.0. The van der Waals surface area contributed by atoms with Crippen LogP contribution in [0.15, 0.2) is 35.1 Å².